The molecule has 6 N–H and O–H groups in total. The molecule has 3 aromatic rings. The molecule has 12 heteroatoms. The first kappa shape index (κ1) is 31.7. The molecule has 0 saturated heterocycles. The Kier molecular flexibility index (Phi) is 14.1. The van der Waals surface area contributed by atoms with Gasteiger partial charge in [-0.25, -0.2) is 9.78 Å². The third-order valence-electron chi connectivity index (χ3n) is 6.19. The van der Waals surface area contributed by atoms with Crippen LogP contribution in [-0.2, 0) is 5.75 Å². The summed E-state index contributed by atoms with van der Waals surface area (Å²) in [6, 6.07) is 14.0. The number of hydrogen-bond donors (Lipinski definition) is 5. The van der Waals surface area contributed by atoms with E-state index >= 15 is 0 Å². The quantitative estimate of drug-likeness (QED) is 0.0799. The normalized spacial score (nSPS) is 11.8. The molecule has 0 aliphatic carbocycles. The molecule has 0 fully saturated rings. The number of thioether (sulfide) groups is 1. The van der Waals surface area contributed by atoms with Crippen molar-refractivity contribution in [1.82, 2.24) is 25.5 Å². The number of unbranched alkanes of at least 4 members (excludes halogenated alkanes) is 2. The summed E-state index contributed by atoms with van der Waals surface area (Å²) in [5.41, 5.74) is 8.56. The lowest BCUT2D eigenvalue weighted by Gasteiger charge is -2.22. The minimum absolute atomic E-state index is 0.118. The molecule has 9 nitrogen and oxygen atoms in total. The Bertz CT molecular complexity index is 1160. The highest BCUT2D eigenvalue weighted by Crippen LogP contribution is 2.28. The number of benzene rings is 1. The molecular weight excluding hydrogens is 564 g/mol. The number of guanidine groups is 1. The van der Waals surface area contributed by atoms with Gasteiger partial charge in [-0.15, -0.1) is 11.3 Å². The zero-order valence-corrected chi connectivity index (χ0v) is 25.3. The van der Waals surface area contributed by atoms with Crippen LogP contribution in [0, 0.1) is 5.41 Å². The highest BCUT2D eigenvalue weighted by Gasteiger charge is 2.16. The van der Waals surface area contributed by atoms with E-state index in [2.05, 4.69) is 56.1 Å². The van der Waals surface area contributed by atoms with Crippen molar-refractivity contribution < 1.29 is 4.79 Å². The van der Waals surface area contributed by atoms with Crippen LogP contribution in [-0.4, -0.2) is 65.8 Å². The highest BCUT2D eigenvalue weighted by atomic mass is 35.5. The van der Waals surface area contributed by atoms with E-state index in [9.17, 15) is 4.79 Å². The average molecular weight is 603 g/mol. The Labute approximate surface area is 250 Å². The smallest absolute Gasteiger partial charge is 0.314 e. The van der Waals surface area contributed by atoms with Gasteiger partial charge in [0.2, 0.25) is 0 Å². The zero-order chi connectivity index (χ0) is 28.6. The Morgan fingerprint density at radius 3 is 2.67 bits per heavy atom. The van der Waals surface area contributed by atoms with Crippen LogP contribution in [0.3, 0.4) is 0 Å². The molecule has 2 amide bonds. The van der Waals surface area contributed by atoms with E-state index in [1.54, 1.807) is 11.8 Å². The molecule has 1 aromatic carbocycles. The van der Waals surface area contributed by atoms with Crippen molar-refractivity contribution >= 4 is 51.8 Å². The third-order valence-corrected chi connectivity index (χ3v) is 8.25. The molecular formula is C28H39ClN8OS2. The number of hydrogen-bond acceptors (Lipinski definition) is 7. The second-order valence-electron chi connectivity index (χ2n) is 9.43. The number of nitrogens with zero attached hydrogens (tertiary/aromatic N) is 3. The number of urea groups is 1. The van der Waals surface area contributed by atoms with Gasteiger partial charge in [-0.2, -0.15) is 11.8 Å². The van der Waals surface area contributed by atoms with E-state index in [0.717, 1.165) is 66.7 Å². The lowest BCUT2D eigenvalue weighted by atomic mass is 9.92. The predicted molar refractivity (Wildman–Crippen MR) is 169 cm³/mol. The van der Waals surface area contributed by atoms with Crippen LogP contribution in [0.15, 0.2) is 54.0 Å². The third kappa shape index (κ3) is 12.1. The van der Waals surface area contributed by atoms with Crippen LogP contribution in [0.2, 0.25) is 5.02 Å². The van der Waals surface area contributed by atoms with Gasteiger partial charge in [0, 0.05) is 52.8 Å². The monoisotopic (exact) mass is 602 g/mol. The Morgan fingerprint density at radius 1 is 1.12 bits per heavy atom. The van der Waals surface area contributed by atoms with Crippen molar-refractivity contribution in [3.8, 4) is 0 Å². The van der Waals surface area contributed by atoms with E-state index in [0.29, 0.717) is 18.2 Å². The van der Waals surface area contributed by atoms with Gasteiger partial charge in [0.1, 0.15) is 0 Å². The molecule has 0 radical (unpaired) electrons. The van der Waals surface area contributed by atoms with E-state index in [4.69, 9.17) is 22.7 Å². The number of thiazole rings is 1. The molecule has 0 saturated carbocycles. The number of nitrogens with two attached hydrogens (primary N) is 1. The number of amides is 2. The molecule has 0 spiro atoms. The number of carbonyl (C=O) groups is 1. The molecule has 1 unspecified atom stereocenters. The Balaban J connectivity index is 1.22. The molecule has 3 rings (SSSR count). The lowest BCUT2D eigenvalue weighted by Crippen LogP contribution is -2.37. The van der Waals surface area contributed by atoms with Crippen molar-refractivity contribution in [2.75, 3.05) is 44.3 Å². The largest absolute Gasteiger partial charge is 0.370 e. The van der Waals surface area contributed by atoms with Gasteiger partial charge in [-0.3, -0.25) is 10.4 Å². The second kappa shape index (κ2) is 17.8. The summed E-state index contributed by atoms with van der Waals surface area (Å²) in [7, 11) is 2.16. The first-order chi connectivity index (χ1) is 19.4. The summed E-state index contributed by atoms with van der Waals surface area (Å²) in [5, 5.41) is 19.1. The first-order valence-corrected chi connectivity index (χ1v) is 15.8. The van der Waals surface area contributed by atoms with Crippen molar-refractivity contribution in [3.05, 3.63) is 76.0 Å². The number of halogens is 1. The summed E-state index contributed by atoms with van der Waals surface area (Å²) < 4.78 is 0. The SMILES string of the molecule is CN(CCCCCNC(=O)NCCSCc1csc(NC(=N)N)n1)CCC(c1ccc(Cl)cc1)c1ccccn1. The van der Waals surface area contributed by atoms with Crippen molar-refractivity contribution in [2.45, 2.75) is 37.4 Å². The lowest BCUT2D eigenvalue weighted by molar-refractivity contribution is 0.241. The summed E-state index contributed by atoms with van der Waals surface area (Å²) in [6.07, 6.45) is 5.95. The Morgan fingerprint density at radius 2 is 1.93 bits per heavy atom. The minimum atomic E-state index is -0.123. The zero-order valence-electron chi connectivity index (χ0n) is 22.9. The average Bonchev–Trinajstić information content (AvgIpc) is 3.38. The van der Waals surface area contributed by atoms with Gasteiger partial charge in [0.15, 0.2) is 11.1 Å². The van der Waals surface area contributed by atoms with Crippen molar-refractivity contribution in [2.24, 2.45) is 5.73 Å². The van der Waals surface area contributed by atoms with Gasteiger partial charge < -0.3 is 26.6 Å². The summed E-state index contributed by atoms with van der Waals surface area (Å²) in [5.74, 6) is 1.66. The predicted octanol–water partition coefficient (Wildman–Crippen LogP) is 5.35. The van der Waals surface area contributed by atoms with Crippen LogP contribution in [0.4, 0.5) is 9.93 Å². The molecule has 0 bridgehead atoms. The fourth-order valence-corrected chi connectivity index (χ4v) is 5.83. The summed E-state index contributed by atoms with van der Waals surface area (Å²) >= 11 is 9.22. The molecule has 0 aliphatic heterocycles. The summed E-state index contributed by atoms with van der Waals surface area (Å²) in [4.78, 5) is 23.4. The van der Waals surface area contributed by atoms with E-state index in [1.807, 2.05) is 35.8 Å². The number of aromatic nitrogens is 2. The van der Waals surface area contributed by atoms with E-state index < -0.39 is 0 Å². The van der Waals surface area contributed by atoms with Crippen LogP contribution in [0.25, 0.3) is 0 Å². The standard InChI is InChI=1S/C28H39ClN8OS2/c1-37(17-12-24(25-7-3-5-13-32-25)21-8-10-22(29)11-9-21)16-6-2-4-14-33-27(38)34-15-18-39-19-23-20-40-28(35-23)36-26(30)31/h3,5,7-11,13,20,24H,2,4,6,12,14-19H2,1H3,(H2,33,34,38)(H4,30,31,35,36). The van der Waals surface area contributed by atoms with Crippen molar-refractivity contribution in [1.29, 1.82) is 5.41 Å². The van der Waals surface area contributed by atoms with Gasteiger partial charge in [0.25, 0.3) is 0 Å². The molecule has 216 valence electrons. The summed E-state index contributed by atoms with van der Waals surface area (Å²) in [6.45, 7) is 3.26. The second-order valence-corrected chi connectivity index (χ2v) is 11.8. The number of carbonyl (C=O) groups excluding carboxylic acids is 1. The maximum atomic E-state index is 12.0. The fourth-order valence-electron chi connectivity index (χ4n) is 4.13. The van der Waals surface area contributed by atoms with E-state index in [1.165, 1.54) is 16.9 Å². The van der Waals surface area contributed by atoms with Gasteiger partial charge >= 0.3 is 6.03 Å². The molecule has 2 heterocycles. The number of pyridine rings is 1. The highest BCUT2D eigenvalue weighted by molar-refractivity contribution is 7.98. The maximum absolute atomic E-state index is 12.0. The fraction of sp³-hybridized carbons (Fsp3) is 0.429. The molecule has 40 heavy (non-hydrogen) atoms. The molecule has 0 aliphatic rings. The number of rotatable bonds is 17. The topological polar surface area (TPSA) is 132 Å². The van der Waals surface area contributed by atoms with Gasteiger partial charge in [0.05, 0.1) is 5.69 Å². The maximum Gasteiger partial charge on any atom is 0.314 e. The number of anilines is 1. The minimum Gasteiger partial charge on any atom is -0.370 e. The van der Waals surface area contributed by atoms with Crippen LogP contribution >= 0.6 is 34.7 Å². The van der Waals surface area contributed by atoms with Crippen LogP contribution in [0.5, 0.6) is 0 Å². The van der Waals surface area contributed by atoms with Gasteiger partial charge in [-0.05, 0) is 69.2 Å². The molecule has 2 aromatic heterocycles. The molecule has 1 atom stereocenters. The first-order valence-electron chi connectivity index (χ1n) is 13.4. The number of nitrogens with one attached hydrogen (secondary N) is 4. The van der Waals surface area contributed by atoms with Crippen LogP contribution in [0.1, 0.15) is 48.6 Å². The van der Waals surface area contributed by atoms with Gasteiger partial charge in [-0.1, -0.05) is 36.2 Å². The van der Waals surface area contributed by atoms with E-state index in [-0.39, 0.29) is 17.9 Å². The Hall–Kier alpha value is -2.86. The van der Waals surface area contributed by atoms with Crippen LogP contribution < -0.4 is 21.7 Å². The van der Waals surface area contributed by atoms with Crippen molar-refractivity contribution in [3.63, 3.8) is 0 Å².